The first kappa shape index (κ1) is 7.63. The summed E-state index contributed by atoms with van der Waals surface area (Å²) >= 11 is 0. The van der Waals surface area contributed by atoms with Crippen LogP contribution in [0.5, 0.6) is 0 Å². The lowest BCUT2D eigenvalue weighted by molar-refractivity contribution is 0.417. The van der Waals surface area contributed by atoms with E-state index in [1.54, 1.807) is 6.92 Å². The molecule has 0 saturated heterocycles. The summed E-state index contributed by atoms with van der Waals surface area (Å²) in [4.78, 5) is 3.37. The van der Waals surface area contributed by atoms with E-state index in [-0.39, 0.29) is 11.8 Å². The molecule has 0 aromatic heterocycles. The van der Waals surface area contributed by atoms with E-state index in [2.05, 4.69) is 4.99 Å². The lowest BCUT2D eigenvalue weighted by Crippen LogP contribution is -2.08. The van der Waals surface area contributed by atoms with Crippen molar-refractivity contribution in [1.82, 2.24) is 0 Å². The maximum absolute atomic E-state index is 12.6. The molecule has 1 aliphatic carbocycles. The molecule has 0 spiro atoms. The number of alkyl halides is 1. The fourth-order valence-corrected chi connectivity index (χ4v) is 1.08. The third-order valence-corrected chi connectivity index (χ3v) is 1.99. The molecule has 0 amide bonds. The second-order valence-electron chi connectivity index (χ2n) is 2.75. The topological polar surface area (TPSA) is 12.4 Å². The molecule has 0 N–H and O–H groups in total. The van der Waals surface area contributed by atoms with Crippen molar-refractivity contribution in [3.8, 4) is 0 Å². The second-order valence-corrected chi connectivity index (χ2v) is 2.75. The Kier molecular flexibility index (Phi) is 2.02. The van der Waals surface area contributed by atoms with Crippen LogP contribution in [0.25, 0.3) is 0 Å². The van der Waals surface area contributed by atoms with Crippen molar-refractivity contribution in [3.63, 3.8) is 0 Å². The van der Waals surface area contributed by atoms with Gasteiger partial charge in [-0.1, -0.05) is 6.92 Å². The van der Waals surface area contributed by atoms with Crippen LogP contribution in [0.3, 0.4) is 0 Å². The molecule has 1 fully saturated rings. The van der Waals surface area contributed by atoms with Gasteiger partial charge in [-0.15, -0.1) is 0 Å². The number of nitrogens with zero attached hydrogens (tertiary/aromatic N) is 1. The summed E-state index contributed by atoms with van der Waals surface area (Å²) in [7, 11) is 1.39. The van der Waals surface area contributed by atoms with Crippen LogP contribution in [0.1, 0.15) is 13.3 Å². The summed E-state index contributed by atoms with van der Waals surface area (Å²) in [6, 6.07) is 0. The summed E-state index contributed by atoms with van der Waals surface area (Å²) < 4.78 is 24.9. The third kappa shape index (κ3) is 1.33. The average molecular weight is 147 g/mol. The second kappa shape index (κ2) is 2.64. The molecule has 0 aromatic carbocycles. The molecule has 3 atom stereocenters. The molecule has 10 heavy (non-hydrogen) atoms. The minimum Gasteiger partial charge on any atom is -0.265 e. The fraction of sp³-hybridized carbons (Fsp3) is 0.857. The van der Waals surface area contributed by atoms with Crippen LogP contribution in [0.15, 0.2) is 4.99 Å². The SMILES string of the molecule is CN=C(F)C(C)C1CC1F. The summed E-state index contributed by atoms with van der Waals surface area (Å²) in [5.41, 5.74) is 0. The molecule has 0 radical (unpaired) electrons. The van der Waals surface area contributed by atoms with E-state index in [4.69, 9.17) is 0 Å². The molecule has 58 valence electrons. The van der Waals surface area contributed by atoms with Gasteiger partial charge in [-0.3, -0.25) is 4.99 Å². The Morgan fingerprint density at radius 3 is 2.50 bits per heavy atom. The first-order valence-corrected chi connectivity index (χ1v) is 3.43. The number of rotatable bonds is 2. The molecule has 1 saturated carbocycles. The number of aliphatic imine (C=N–C) groups is 1. The van der Waals surface area contributed by atoms with Gasteiger partial charge in [-0.05, 0) is 6.42 Å². The van der Waals surface area contributed by atoms with Crippen molar-refractivity contribution in [3.05, 3.63) is 0 Å². The Labute approximate surface area is 59.1 Å². The van der Waals surface area contributed by atoms with Gasteiger partial charge in [0.05, 0.1) is 0 Å². The maximum atomic E-state index is 12.6. The lowest BCUT2D eigenvalue weighted by atomic mass is 10.1. The fourth-order valence-electron chi connectivity index (χ4n) is 1.08. The molecule has 0 heterocycles. The van der Waals surface area contributed by atoms with Crippen molar-refractivity contribution in [2.75, 3.05) is 7.05 Å². The van der Waals surface area contributed by atoms with Crippen LogP contribution < -0.4 is 0 Å². The Balaban J connectivity index is 2.42. The van der Waals surface area contributed by atoms with Crippen LogP contribution in [0, 0.1) is 11.8 Å². The molecular weight excluding hydrogens is 136 g/mol. The quantitative estimate of drug-likeness (QED) is 0.529. The zero-order chi connectivity index (χ0) is 7.72. The molecule has 1 nitrogen and oxygen atoms in total. The van der Waals surface area contributed by atoms with Crippen LogP contribution in [0.2, 0.25) is 0 Å². The van der Waals surface area contributed by atoms with E-state index in [1.165, 1.54) is 7.05 Å². The van der Waals surface area contributed by atoms with E-state index in [1.807, 2.05) is 0 Å². The van der Waals surface area contributed by atoms with Gasteiger partial charge in [0.15, 0.2) is 5.97 Å². The number of hydrogen-bond donors (Lipinski definition) is 0. The van der Waals surface area contributed by atoms with Crippen molar-refractivity contribution < 1.29 is 8.78 Å². The molecule has 0 bridgehead atoms. The zero-order valence-electron chi connectivity index (χ0n) is 6.14. The third-order valence-electron chi connectivity index (χ3n) is 1.99. The Morgan fingerprint density at radius 1 is 1.70 bits per heavy atom. The lowest BCUT2D eigenvalue weighted by Gasteiger charge is -2.03. The molecular formula is C7H11F2N. The van der Waals surface area contributed by atoms with Gasteiger partial charge in [-0.2, -0.15) is 4.39 Å². The monoisotopic (exact) mass is 147 g/mol. The van der Waals surface area contributed by atoms with Crippen LogP contribution in [0.4, 0.5) is 8.78 Å². The van der Waals surface area contributed by atoms with E-state index in [0.717, 1.165) is 0 Å². The van der Waals surface area contributed by atoms with E-state index < -0.39 is 12.1 Å². The summed E-state index contributed by atoms with van der Waals surface area (Å²) in [5.74, 6) is -0.853. The number of hydrogen-bond acceptors (Lipinski definition) is 1. The largest absolute Gasteiger partial charge is 0.265 e. The highest BCUT2D eigenvalue weighted by atomic mass is 19.1. The minimum atomic E-state index is -0.789. The van der Waals surface area contributed by atoms with Crippen LogP contribution >= 0.6 is 0 Å². The van der Waals surface area contributed by atoms with E-state index >= 15 is 0 Å². The molecule has 3 heteroatoms. The van der Waals surface area contributed by atoms with Crippen molar-refractivity contribution >= 4 is 5.97 Å². The molecule has 1 aliphatic rings. The maximum Gasteiger partial charge on any atom is 0.187 e. The summed E-state index contributed by atoms with van der Waals surface area (Å²) in [5, 5.41) is 0. The van der Waals surface area contributed by atoms with Crippen LogP contribution in [-0.2, 0) is 0 Å². The Morgan fingerprint density at radius 2 is 2.20 bits per heavy atom. The normalized spacial score (nSPS) is 35.8. The summed E-state index contributed by atoms with van der Waals surface area (Å²) in [6.07, 6.45) is -0.285. The highest BCUT2D eigenvalue weighted by molar-refractivity contribution is 5.77. The molecule has 0 aliphatic heterocycles. The van der Waals surface area contributed by atoms with Gasteiger partial charge < -0.3 is 0 Å². The van der Waals surface area contributed by atoms with Gasteiger partial charge in [0.1, 0.15) is 6.17 Å². The Bertz CT molecular complexity index is 156. The van der Waals surface area contributed by atoms with Crippen molar-refractivity contribution in [2.24, 2.45) is 16.8 Å². The Hall–Kier alpha value is -0.470. The van der Waals surface area contributed by atoms with Crippen molar-refractivity contribution in [1.29, 1.82) is 0 Å². The molecule has 0 aromatic rings. The highest BCUT2D eigenvalue weighted by Gasteiger charge is 2.43. The highest BCUT2D eigenvalue weighted by Crippen LogP contribution is 2.40. The van der Waals surface area contributed by atoms with E-state index in [9.17, 15) is 8.78 Å². The minimum absolute atomic E-state index is 0.108. The van der Waals surface area contributed by atoms with Gasteiger partial charge in [-0.25, -0.2) is 4.39 Å². The molecule has 3 unspecified atom stereocenters. The smallest absolute Gasteiger partial charge is 0.187 e. The predicted molar refractivity (Wildman–Crippen MR) is 36.6 cm³/mol. The predicted octanol–water partition coefficient (Wildman–Crippen LogP) is 1.98. The first-order valence-electron chi connectivity index (χ1n) is 3.43. The van der Waals surface area contributed by atoms with Crippen LogP contribution in [-0.4, -0.2) is 19.2 Å². The van der Waals surface area contributed by atoms with Gasteiger partial charge in [0.25, 0.3) is 0 Å². The van der Waals surface area contributed by atoms with Crippen molar-refractivity contribution in [2.45, 2.75) is 19.5 Å². The summed E-state index contributed by atoms with van der Waals surface area (Å²) in [6.45, 7) is 1.67. The molecule has 1 rings (SSSR count). The van der Waals surface area contributed by atoms with Gasteiger partial charge >= 0.3 is 0 Å². The average Bonchev–Trinajstić information content (AvgIpc) is 2.63. The van der Waals surface area contributed by atoms with E-state index in [0.29, 0.717) is 6.42 Å². The van der Waals surface area contributed by atoms with Gasteiger partial charge in [0.2, 0.25) is 0 Å². The first-order chi connectivity index (χ1) is 4.66. The van der Waals surface area contributed by atoms with Gasteiger partial charge in [0, 0.05) is 18.9 Å². The standard InChI is InChI=1S/C7H11F2N/c1-4(7(9)10-2)5-3-6(5)8/h4-6H,3H2,1-2H3. The zero-order valence-corrected chi connectivity index (χ0v) is 6.14. The number of halogens is 2.